The van der Waals surface area contributed by atoms with Crippen molar-refractivity contribution >= 4 is 5.96 Å². The van der Waals surface area contributed by atoms with Crippen LogP contribution in [0.3, 0.4) is 0 Å². The molecule has 0 spiro atoms. The summed E-state index contributed by atoms with van der Waals surface area (Å²) in [6.45, 7) is 7.42. The molecule has 1 aromatic heterocycles. The molecule has 3 N–H and O–H groups in total. The van der Waals surface area contributed by atoms with Crippen molar-refractivity contribution in [2.24, 2.45) is 4.99 Å². The number of rotatable bonds is 6. The number of hydrogen-bond donors (Lipinski definition) is 3. The SMILES string of the molecule is CCNC(=NCc1ccc(OC)c(O)c1)NCc1nc(C)c(C)o1. The number of phenols is 1. The number of guanidine groups is 1. The summed E-state index contributed by atoms with van der Waals surface area (Å²) in [5, 5.41) is 16.2. The van der Waals surface area contributed by atoms with Gasteiger partial charge in [-0.05, 0) is 38.5 Å². The molecule has 0 fully saturated rings. The molecule has 2 rings (SSSR count). The first-order valence-electron chi connectivity index (χ1n) is 7.84. The van der Waals surface area contributed by atoms with Crippen LogP contribution in [0.15, 0.2) is 27.6 Å². The van der Waals surface area contributed by atoms with Crippen molar-refractivity contribution in [2.45, 2.75) is 33.9 Å². The Hall–Kier alpha value is -2.70. The highest BCUT2D eigenvalue weighted by molar-refractivity contribution is 5.79. The van der Waals surface area contributed by atoms with Crippen LogP contribution >= 0.6 is 0 Å². The summed E-state index contributed by atoms with van der Waals surface area (Å²) in [5.41, 5.74) is 1.77. The van der Waals surface area contributed by atoms with Crippen molar-refractivity contribution in [1.82, 2.24) is 15.6 Å². The largest absolute Gasteiger partial charge is 0.504 e. The van der Waals surface area contributed by atoms with Gasteiger partial charge in [0, 0.05) is 6.54 Å². The molecule has 0 radical (unpaired) electrons. The van der Waals surface area contributed by atoms with E-state index in [4.69, 9.17) is 9.15 Å². The number of oxazole rings is 1. The summed E-state index contributed by atoms with van der Waals surface area (Å²) in [5.74, 6) is 2.65. The van der Waals surface area contributed by atoms with Gasteiger partial charge in [0.25, 0.3) is 0 Å². The molecule has 1 aromatic carbocycles. The highest BCUT2D eigenvalue weighted by atomic mass is 16.5. The van der Waals surface area contributed by atoms with E-state index < -0.39 is 0 Å². The number of hydrogen-bond acceptors (Lipinski definition) is 5. The first kappa shape index (κ1) is 17.7. The van der Waals surface area contributed by atoms with Crippen molar-refractivity contribution in [1.29, 1.82) is 0 Å². The Balaban J connectivity index is 2.00. The van der Waals surface area contributed by atoms with Gasteiger partial charge in [-0.3, -0.25) is 0 Å². The van der Waals surface area contributed by atoms with E-state index in [1.54, 1.807) is 12.1 Å². The molecule has 0 aliphatic heterocycles. The fourth-order valence-electron chi connectivity index (χ4n) is 2.12. The van der Waals surface area contributed by atoms with E-state index in [1.807, 2.05) is 26.8 Å². The van der Waals surface area contributed by atoms with Crippen LogP contribution in [0.1, 0.15) is 29.8 Å². The lowest BCUT2D eigenvalue weighted by atomic mass is 10.2. The first-order valence-corrected chi connectivity index (χ1v) is 7.84. The van der Waals surface area contributed by atoms with Gasteiger partial charge in [-0.1, -0.05) is 6.07 Å². The Morgan fingerprint density at radius 3 is 2.71 bits per heavy atom. The van der Waals surface area contributed by atoms with E-state index in [1.165, 1.54) is 7.11 Å². The smallest absolute Gasteiger partial charge is 0.214 e. The van der Waals surface area contributed by atoms with Gasteiger partial charge in [-0.25, -0.2) is 9.98 Å². The Kier molecular flexibility index (Phi) is 6.06. The molecule has 0 aliphatic carbocycles. The fraction of sp³-hybridized carbons (Fsp3) is 0.412. The van der Waals surface area contributed by atoms with Crippen LogP contribution in [0.4, 0.5) is 0 Å². The number of nitrogens with one attached hydrogen (secondary N) is 2. The summed E-state index contributed by atoms with van der Waals surface area (Å²) in [4.78, 5) is 8.83. The van der Waals surface area contributed by atoms with E-state index in [2.05, 4.69) is 20.6 Å². The van der Waals surface area contributed by atoms with E-state index in [9.17, 15) is 5.11 Å². The van der Waals surface area contributed by atoms with Crippen molar-refractivity contribution in [3.05, 3.63) is 41.1 Å². The standard InChI is InChI=1S/C17H24N4O3/c1-5-18-17(20-10-16-21-11(2)12(3)24-16)19-9-13-6-7-15(23-4)14(22)8-13/h6-8,22H,5,9-10H2,1-4H3,(H2,18,19,20). The minimum absolute atomic E-state index is 0.105. The molecule has 7 heteroatoms. The predicted octanol–water partition coefficient (Wildman–Crippen LogP) is 2.26. The first-order chi connectivity index (χ1) is 11.5. The maximum absolute atomic E-state index is 9.81. The zero-order chi connectivity index (χ0) is 17.5. The van der Waals surface area contributed by atoms with Crippen LogP contribution in [0.2, 0.25) is 0 Å². The third kappa shape index (κ3) is 4.65. The highest BCUT2D eigenvalue weighted by Crippen LogP contribution is 2.26. The fourth-order valence-corrected chi connectivity index (χ4v) is 2.12. The molecule has 0 unspecified atom stereocenters. The van der Waals surface area contributed by atoms with Gasteiger partial charge >= 0.3 is 0 Å². The van der Waals surface area contributed by atoms with Gasteiger partial charge in [0.15, 0.2) is 17.5 Å². The topological polar surface area (TPSA) is 91.9 Å². The molecule has 0 amide bonds. The average Bonchev–Trinajstić information content (AvgIpc) is 2.88. The lowest BCUT2D eigenvalue weighted by Crippen LogP contribution is -2.36. The summed E-state index contributed by atoms with van der Waals surface area (Å²) in [6.07, 6.45) is 0. The van der Waals surface area contributed by atoms with Gasteiger partial charge < -0.3 is 24.9 Å². The van der Waals surface area contributed by atoms with Crippen molar-refractivity contribution in [3.8, 4) is 11.5 Å². The molecule has 1 heterocycles. The van der Waals surface area contributed by atoms with Gasteiger partial charge in [0.2, 0.25) is 5.89 Å². The molecule has 0 saturated heterocycles. The second-order valence-corrected chi connectivity index (χ2v) is 5.30. The minimum Gasteiger partial charge on any atom is -0.504 e. The van der Waals surface area contributed by atoms with Crippen LogP contribution in [-0.4, -0.2) is 29.7 Å². The summed E-state index contributed by atoms with van der Waals surface area (Å²) in [6, 6.07) is 5.23. The third-order valence-electron chi connectivity index (χ3n) is 3.49. The van der Waals surface area contributed by atoms with E-state index >= 15 is 0 Å². The second-order valence-electron chi connectivity index (χ2n) is 5.30. The maximum atomic E-state index is 9.81. The van der Waals surface area contributed by atoms with Crippen molar-refractivity contribution in [2.75, 3.05) is 13.7 Å². The summed E-state index contributed by atoms with van der Waals surface area (Å²) in [7, 11) is 1.52. The second kappa shape index (κ2) is 8.24. The van der Waals surface area contributed by atoms with Crippen LogP contribution in [0, 0.1) is 13.8 Å². The quantitative estimate of drug-likeness (QED) is 0.555. The lowest BCUT2D eigenvalue weighted by Gasteiger charge is -2.10. The molecule has 24 heavy (non-hydrogen) atoms. The molecular formula is C17H24N4O3. The molecule has 2 aromatic rings. The van der Waals surface area contributed by atoms with Gasteiger partial charge in [-0.2, -0.15) is 0 Å². The Labute approximate surface area is 141 Å². The number of ether oxygens (including phenoxy) is 1. The monoisotopic (exact) mass is 332 g/mol. The average molecular weight is 332 g/mol. The van der Waals surface area contributed by atoms with Gasteiger partial charge in [-0.15, -0.1) is 0 Å². The van der Waals surface area contributed by atoms with Gasteiger partial charge in [0.05, 0.1) is 25.9 Å². The van der Waals surface area contributed by atoms with E-state index in [0.29, 0.717) is 30.7 Å². The van der Waals surface area contributed by atoms with E-state index in [0.717, 1.165) is 23.6 Å². The molecule has 0 bridgehead atoms. The molecular weight excluding hydrogens is 308 g/mol. The number of aryl methyl sites for hydroxylation is 2. The summed E-state index contributed by atoms with van der Waals surface area (Å²) >= 11 is 0. The number of aromatic hydroxyl groups is 1. The number of phenolic OH excluding ortho intramolecular Hbond substituents is 1. The van der Waals surface area contributed by atoms with Crippen LogP contribution in [0.5, 0.6) is 11.5 Å². The number of benzene rings is 1. The molecule has 0 aliphatic rings. The van der Waals surface area contributed by atoms with Crippen molar-refractivity contribution < 1.29 is 14.3 Å². The summed E-state index contributed by atoms with van der Waals surface area (Å²) < 4.78 is 10.6. The van der Waals surface area contributed by atoms with Crippen molar-refractivity contribution in [3.63, 3.8) is 0 Å². The molecule has 0 saturated carbocycles. The van der Waals surface area contributed by atoms with Crippen LogP contribution in [-0.2, 0) is 13.1 Å². The minimum atomic E-state index is 0.105. The predicted molar refractivity (Wildman–Crippen MR) is 92.3 cm³/mol. The highest BCUT2D eigenvalue weighted by Gasteiger charge is 2.07. The number of aliphatic imine (C=N–C) groups is 1. The van der Waals surface area contributed by atoms with E-state index in [-0.39, 0.29) is 5.75 Å². The third-order valence-corrected chi connectivity index (χ3v) is 3.49. The Bertz CT molecular complexity index is 690. The van der Waals surface area contributed by atoms with Crippen LogP contribution in [0.25, 0.3) is 0 Å². The number of methoxy groups -OCH3 is 1. The lowest BCUT2D eigenvalue weighted by molar-refractivity contribution is 0.373. The zero-order valence-corrected chi connectivity index (χ0v) is 14.5. The maximum Gasteiger partial charge on any atom is 0.214 e. The Morgan fingerprint density at radius 2 is 2.12 bits per heavy atom. The van der Waals surface area contributed by atoms with Crippen LogP contribution < -0.4 is 15.4 Å². The Morgan fingerprint density at radius 1 is 1.33 bits per heavy atom. The molecule has 130 valence electrons. The normalized spacial score (nSPS) is 11.4. The number of aromatic nitrogens is 1. The number of nitrogens with zero attached hydrogens (tertiary/aromatic N) is 2. The molecule has 7 nitrogen and oxygen atoms in total. The van der Waals surface area contributed by atoms with Gasteiger partial charge in [0.1, 0.15) is 5.76 Å². The zero-order valence-electron chi connectivity index (χ0n) is 14.5. The molecule has 0 atom stereocenters.